The van der Waals surface area contributed by atoms with Crippen molar-refractivity contribution >= 4 is 26.8 Å². The molecule has 0 amide bonds. The average Bonchev–Trinajstić information content (AvgIpc) is 3.21. The molecule has 1 aromatic heterocycles. The van der Waals surface area contributed by atoms with Crippen molar-refractivity contribution in [2.45, 2.75) is 31.5 Å². The monoisotopic (exact) mass is 375 g/mol. The zero-order chi connectivity index (χ0) is 17.8. The number of alkyl halides is 2. The summed E-state index contributed by atoms with van der Waals surface area (Å²) in [5, 5.41) is 9.76. The van der Waals surface area contributed by atoms with Crippen LogP contribution in [0.1, 0.15) is 40.6 Å². The fourth-order valence-electron chi connectivity index (χ4n) is 3.05. The van der Waals surface area contributed by atoms with Gasteiger partial charge in [-0.3, -0.25) is 0 Å². The molecule has 8 heteroatoms. The lowest BCUT2D eigenvalue weighted by molar-refractivity contribution is 0.0678. The highest BCUT2D eigenvalue weighted by Gasteiger charge is 2.42. The van der Waals surface area contributed by atoms with E-state index in [1.54, 1.807) is 0 Å². The number of benzene rings is 1. The fraction of sp³-hybridized carbons (Fsp3) is 0.312. The van der Waals surface area contributed by atoms with Gasteiger partial charge in [0.05, 0.1) is 5.69 Å². The molecule has 1 aliphatic rings. The zero-order valence-corrected chi connectivity index (χ0v) is 14.5. The van der Waals surface area contributed by atoms with Crippen molar-refractivity contribution in [3.63, 3.8) is 0 Å². The molecule has 0 bridgehead atoms. The quantitative estimate of drug-likeness (QED) is 0.745. The molecule has 0 radical (unpaired) electrons. The Labute approximate surface area is 143 Å². The van der Waals surface area contributed by atoms with Gasteiger partial charge in [0.1, 0.15) is 11.5 Å². The summed E-state index contributed by atoms with van der Waals surface area (Å²) in [6, 6.07) is 3.45. The molecular formula is C16H14ClF3NO2P. The Hall–Kier alpha value is -1.52. The van der Waals surface area contributed by atoms with Crippen LogP contribution in [0, 0.1) is 12.7 Å². The van der Waals surface area contributed by atoms with E-state index in [0.29, 0.717) is 12.8 Å². The largest absolute Gasteiger partial charge is 0.477 e. The molecule has 3 nitrogen and oxygen atoms in total. The van der Waals surface area contributed by atoms with Gasteiger partial charge in [0.15, 0.2) is 0 Å². The highest BCUT2D eigenvalue weighted by molar-refractivity contribution is 7.17. The molecule has 1 N–H and O–H groups in total. The number of aromatic carboxylic acids is 1. The summed E-state index contributed by atoms with van der Waals surface area (Å²) in [5.74, 6) is -2.12. The number of rotatable bonds is 4. The number of hydrogen-bond acceptors (Lipinski definition) is 1. The van der Waals surface area contributed by atoms with Crippen molar-refractivity contribution in [1.82, 2.24) is 4.57 Å². The topological polar surface area (TPSA) is 42.2 Å². The van der Waals surface area contributed by atoms with E-state index < -0.39 is 23.1 Å². The predicted molar refractivity (Wildman–Crippen MR) is 88.4 cm³/mol. The van der Waals surface area contributed by atoms with E-state index in [-0.39, 0.29) is 33.4 Å². The molecule has 1 heterocycles. The zero-order valence-electron chi connectivity index (χ0n) is 12.6. The van der Waals surface area contributed by atoms with Crippen LogP contribution in [0.3, 0.4) is 0 Å². The van der Waals surface area contributed by atoms with Crippen LogP contribution in [0.15, 0.2) is 18.2 Å². The second kappa shape index (κ2) is 5.78. The van der Waals surface area contributed by atoms with Crippen LogP contribution in [-0.4, -0.2) is 15.6 Å². The third-order valence-electron chi connectivity index (χ3n) is 4.08. The van der Waals surface area contributed by atoms with Crippen LogP contribution in [-0.2, 0) is 5.66 Å². The molecular weight excluding hydrogens is 362 g/mol. The number of aromatic nitrogens is 1. The van der Waals surface area contributed by atoms with Crippen LogP contribution >= 0.6 is 20.8 Å². The molecule has 0 saturated heterocycles. The van der Waals surface area contributed by atoms with Crippen molar-refractivity contribution in [1.29, 1.82) is 0 Å². The number of carbonyl (C=O) groups is 1. The SMILES string of the molecule is Cc1c(-c2ccc(Cl)cc2F)c(C(=O)O)n(C2CC2)c1C(F)(F)P. The Balaban J connectivity index is 2.39. The van der Waals surface area contributed by atoms with Gasteiger partial charge in [0.2, 0.25) is 0 Å². The molecule has 2 aromatic rings. The summed E-state index contributed by atoms with van der Waals surface area (Å²) in [6.45, 7) is 1.39. The van der Waals surface area contributed by atoms with Crippen LogP contribution in [0.4, 0.5) is 13.2 Å². The molecule has 1 aromatic carbocycles. The Kier molecular flexibility index (Phi) is 4.17. The van der Waals surface area contributed by atoms with Gasteiger partial charge in [-0.05, 0) is 43.5 Å². The summed E-state index contributed by atoms with van der Waals surface area (Å²) < 4.78 is 43.8. The number of hydrogen-bond donors (Lipinski definition) is 1. The van der Waals surface area contributed by atoms with Gasteiger partial charge >= 0.3 is 5.97 Å². The van der Waals surface area contributed by atoms with Crippen molar-refractivity contribution in [2.24, 2.45) is 0 Å². The van der Waals surface area contributed by atoms with Gasteiger partial charge in [-0.1, -0.05) is 20.8 Å². The Bertz CT molecular complexity index is 841. The lowest BCUT2D eigenvalue weighted by Crippen LogP contribution is -2.16. The maximum Gasteiger partial charge on any atom is 0.353 e. The van der Waals surface area contributed by atoms with Gasteiger partial charge in [0, 0.05) is 22.2 Å². The van der Waals surface area contributed by atoms with E-state index >= 15 is 0 Å². The lowest BCUT2D eigenvalue weighted by Gasteiger charge is -2.16. The first-order valence-corrected chi connectivity index (χ1v) is 8.19. The first kappa shape index (κ1) is 17.3. The van der Waals surface area contributed by atoms with E-state index in [0.717, 1.165) is 10.6 Å². The van der Waals surface area contributed by atoms with Crippen molar-refractivity contribution in [3.8, 4) is 11.1 Å². The van der Waals surface area contributed by atoms with Gasteiger partial charge in [0.25, 0.3) is 5.66 Å². The summed E-state index contributed by atoms with van der Waals surface area (Å²) in [4.78, 5) is 11.8. The first-order chi connectivity index (χ1) is 11.1. The molecule has 1 unspecified atom stereocenters. The predicted octanol–water partition coefficient (Wildman–Crippen LogP) is 5.21. The Morgan fingerprint density at radius 2 is 2.04 bits per heavy atom. The second-order valence-corrected chi connectivity index (χ2v) is 7.01. The van der Waals surface area contributed by atoms with E-state index in [1.165, 1.54) is 28.3 Å². The highest BCUT2D eigenvalue weighted by Crippen LogP contribution is 2.49. The van der Waals surface area contributed by atoms with Gasteiger partial charge in [-0.25, -0.2) is 9.18 Å². The standard InChI is InChI=1S/C16H14ClF3NO2P/c1-7-12(10-5-2-8(17)6-11(10)18)13(15(22)23)21(9-3-4-9)14(7)16(19,20)24/h2,5-6,9H,3-4,24H2,1H3,(H,22,23). The summed E-state index contributed by atoms with van der Waals surface area (Å²) in [6.07, 6.45) is 1.23. The molecule has 3 rings (SSSR count). The maximum atomic E-state index is 14.3. The summed E-state index contributed by atoms with van der Waals surface area (Å²) in [7, 11) is 1.43. The van der Waals surface area contributed by atoms with Crippen LogP contribution < -0.4 is 0 Å². The normalized spacial score (nSPS) is 14.9. The highest BCUT2D eigenvalue weighted by atomic mass is 35.5. The molecule has 0 spiro atoms. The summed E-state index contributed by atoms with van der Waals surface area (Å²) in [5.41, 5.74) is -4.06. The average molecular weight is 376 g/mol. The molecule has 1 atom stereocenters. The van der Waals surface area contributed by atoms with Crippen LogP contribution in [0.25, 0.3) is 11.1 Å². The van der Waals surface area contributed by atoms with Gasteiger partial charge < -0.3 is 9.67 Å². The van der Waals surface area contributed by atoms with E-state index in [1.807, 2.05) is 0 Å². The Morgan fingerprint density at radius 1 is 1.42 bits per heavy atom. The van der Waals surface area contributed by atoms with Crippen molar-refractivity contribution in [2.75, 3.05) is 0 Å². The van der Waals surface area contributed by atoms with E-state index in [9.17, 15) is 23.1 Å². The number of nitrogens with zero attached hydrogens (tertiary/aromatic N) is 1. The van der Waals surface area contributed by atoms with Crippen LogP contribution in [0.2, 0.25) is 5.02 Å². The minimum Gasteiger partial charge on any atom is -0.477 e. The Morgan fingerprint density at radius 3 is 2.50 bits per heavy atom. The minimum atomic E-state index is -3.32. The van der Waals surface area contributed by atoms with Gasteiger partial charge in [-0.2, -0.15) is 8.78 Å². The lowest BCUT2D eigenvalue weighted by atomic mass is 10.0. The number of carboxylic acid groups (broad SMARTS) is 1. The smallest absolute Gasteiger partial charge is 0.353 e. The van der Waals surface area contributed by atoms with E-state index in [4.69, 9.17) is 11.6 Å². The maximum absolute atomic E-state index is 14.3. The second-order valence-electron chi connectivity index (χ2n) is 5.85. The third-order valence-corrected chi connectivity index (χ3v) is 4.59. The molecule has 1 aliphatic carbocycles. The molecule has 128 valence electrons. The van der Waals surface area contributed by atoms with Crippen molar-refractivity contribution in [3.05, 3.63) is 46.0 Å². The first-order valence-electron chi connectivity index (χ1n) is 7.23. The molecule has 0 aliphatic heterocycles. The van der Waals surface area contributed by atoms with Crippen molar-refractivity contribution < 1.29 is 23.1 Å². The fourth-order valence-corrected chi connectivity index (χ4v) is 3.56. The molecule has 24 heavy (non-hydrogen) atoms. The molecule has 1 fully saturated rings. The van der Waals surface area contributed by atoms with Crippen LogP contribution in [0.5, 0.6) is 0 Å². The van der Waals surface area contributed by atoms with Gasteiger partial charge in [-0.15, -0.1) is 0 Å². The number of halogens is 4. The number of carboxylic acids is 1. The third kappa shape index (κ3) is 2.82. The molecule has 1 saturated carbocycles. The minimum absolute atomic E-state index is 0.0271. The summed E-state index contributed by atoms with van der Waals surface area (Å²) >= 11 is 5.73. The van der Waals surface area contributed by atoms with E-state index in [2.05, 4.69) is 0 Å².